The van der Waals surface area contributed by atoms with Crippen molar-refractivity contribution >= 4 is 0 Å². The highest BCUT2D eigenvalue weighted by Crippen LogP contribution is 2.32. The molecule has 1 saturated carbocycles. The molecule has 2 nitrogen and oxygen atoms in total. The second-order valence-electron chi connectivity index (χ2n) is 4.86. The van der Waals surface area contributed by atoms with Gasteiger partial charge in [-0.1, -0.05) is 24.1 Å². The van der Waals surface area contributed by atoms with Gasteiger partial charge in [-0.05, 0) is 44.7 Å². The summed E-state index contributed by atoms with van der Waals surface area (Å²) in [5, 5.41) is 0. The molecular weight excluding hydrogens is 198 g/mol. The van der Waals surface area contributed by atoms with Crippen molar-refractivity contribution < 1.29 is 4.74 Å². The van der Waals surface area contributed by atoms with Gasteiger partial charge in [-0.25, -0.2) is 0 Å². The summed E-state index contributed by atoms with van der Waals surface area (Å²) < 4.78 is 6.12. The van der Waals surface area contributed by atoms with Crippen LogP contribution < -0.4 is 10.5 Å². The van der Waals surface area contributed by atoms with Crippen LogP contribution in [0.5, 0.6) is 5.75 Å². The molecule has 1 aromatic rings. The summed E-state index contributed by atoms with van der Waals surface area (Å²) in [6, 6.07) is 8.26. The number of hydrogen-bond acceptors (Lipinski definition) is 2. The highest BCUT2D eigenvalue weighted by Gasteiger charge is 2.32. The van der Waals surface area contributed by atoms with Crippen LogP contribution in [0.4, 0.5) is 0 Å². The minimum atomic E-state index is -0.104. The second-order valence-corrected chi connectivity index (χ2v) is 4.86. The van der Waals surface area contributed by atoms with Crippen LogP contribution in [0.25, 0.3) is 0 Å². The number of hydrogen-bond donors (Lipinski definition) is 1. The van der Waals surface area contributed by atoms with Gasteiger partial charge >= 0.3 is 0 Å². The molecule has 1 aliphatic rings. The number of rotatable bonds is 3. The van der Waals surface area contributed by atoms with Crippen LogP contribution in [0.15, 0.2) is 24.3 Å². The lowest BCUT2D eigenvalue weighted by Crippen LogP contribution is -2.45. The Labute approximate surface area is 97.8 Å². The quantitative estimate of drug-likeness (QED) is 0.848. The summed E-state index contributed by atoms with van der Waals surface area (Å²) >= 11 is 0. The minimum Gasteiger partial charge on any atom is -0.486 e. The van der Waals surface area contributed by atoms with E-state index in [9.17, 15) is 0 Å². The largest absolute Gasteiger partial charge is 0.486 e. The zero-order valence-corrected chi connectivity index (χ0v) is 10.0. The fraction of sp³-hybridized carbons (Fsp3) is 0.571. The highest BCUT2D eigenvalue weighted by molar-refractivity contribution is 5.27. The Bertz CT molecular complexity index is 325. The maximum absolute atomic E-state index is 6.12. The van der Waals surface area contributed by atoms with Gasteiger partial charge in [0.15, 0.2) is 0 Å². The molecule has 1 aromatic carbocycles. The molecule has 0 aromatic heterocycles. The van der Waals surface area contributed by atoms with Crippen molar-refractivity contribution in [2.45, 2.75) is 44.6 Å². The number of benzene rings is 1. The lowest BCUT2D eigenvalue weighted by Gasteiger charge is -2.36. The maximum atomic E-state index is 6.12. The van der Waals surface area contributed by atoms with Crippen molar-refractivity contribution in [3.63, 3.8) is 0 Å². The van der Waals surface area contributed by atoms with Crippen LogP contribution in [0.1, 0.15) is 37.7 Å². The SMILES string of the molecule is Cc1ccc(OC2(CN)CCCCC2)cc1. The first-order valence-electron chi connectivity index (χ1n) is 6.20. The van der Waals surface area contributed by atoms with E-state index in [1.807, 2.05) is 12.1 Å². The normalized spacial score (nSPS) is 19.4. The Balaban J connectivity index is 2.08. The smallest absolute Gasteiger partial charge is 0.121 e. The van der Waals surface area contributed by atoms with E-state index in [0.29, 0.717) is 6.54 Å². The molecular formula is C14H21NO. The molecule has 0 spiro atoms. The van der Waals surface area contributed by atoms with Gasteiger partial charge in [-0.2, -0.15) is 0 Å². The molecule has 0 aliphatic heterocycles. The molecule has 16 heavy (non-hydrogen) atoms. The number of aryl methyl sites for hydroxylation is 1. The van der Waals surface area contributed by atoms with Crippen molar-refractivity contribution in [2.75, 3.05) is 6.54 Å². The van der Waals surface area contributed by atoms with E-state index in [0.717, 1.165) is 18.6 Å². The molecule has 2 N–H and O–H groups in total. The van der Waals surface area contributed by atoms with E-state index in [1.165, 1.54) is 24.8 Å². The van der Waals surface area contributed by atoms with E-state index < -0.39 is 0 Å². The molecule has 2 heteroatoms. The maximum Gasteiger partial charge on any atom is 0.121 e. The van der Waals surface area contributed by atoms with E-state index in [4.69, 9.17) is 10.5 Å². The molecule has 0 saturated heterocycles. The summed E-state index contributed by atoms with van der Waals surface area (Å²) in [6.07, 6.45) is 5.99. The van der Waals surface area contributed by atoms with Crippen LogP contribution in [0.3, 0.4) is 0 Å². The van der Waals surface area contributed by atoms with Gasteiger partial charge in [0.1, 0.15) is 11.4 Å². The van der Waals surface area contributed by atoms with Gasteiger partial charge in [0.05, 0.1) is 0 Å². The average Bonchev–Trinajstić information content (AvgIpc) is 2.33. The Morgan fingerprint density at radius 3 is 2.31 bits per heavy atom. The van der Waals surface area contributed by atoms with Gasteiger partial charge in [-0.3, -0.25) is 0 Å². The predicted molar refractivity (Wildman–Crippen MR) is 66.7 cm³/mol. The Morgan fingerprint density at radius 2 is 1.75 bits per heavy atom. The fourth-order valence-corrected chi connectivity index (χ4v) is 2.40. The van der Waals surface area contributed by atoms with Gasteiger partial charge in [0.25, 0.3) is 0 Å². The first-order chi connectivity index (χ1) is 7.74. The molecule has 0 amide bonds. The van der Waals surface area contributed by atoms with Crippen LogP contribution in [0, 0.1) is 6.92 Å². The second kappa shape index (κ2) is 4.88. The molecule has 0 atom stereocenters. The molecule has 1 aliphatic carbocycles. The third-order valence-electron chi connectivity index (χ3n) is 3.49. The molecule has 1 fully saturated rings. The lowest BCUT2D eigenvalue weighted by molar-refractivity contribution is 0.0387. The molecule has 0 bridgehead atoms. The van der Waals surface area contributed by atoms with Gasteiger partial charge in [-0.15, -0.1) is 0 Å². The monoisotopic (exact) mass is 219 g/mol. The molecule has 0 radical (unpaired) electrons. The predicted octanol–water partition coefficient (Wildman–Crippen LogP) is 3.04. The molecule has 2 rings (SSSR count). The average molecular weight is 219 g/mol. The van der Waals surface area contributed by atoms with Crippen LogP contribution in [0.2, 0.25) is 0 Å². The van der Waals surface area contributed by atoms with Gasteiger partial charge in [0.2, 0.25) is 0 Å². The van der Waals surface area contributed by atoms with Crippen LogP contribution >= 0.6 is 0 Å². The first kappa shape index (κ1) is 11.5. The van der Waals surface area contributed by atoms with Crippen molar-refractivity contribution in [3.05, 3.63) is 29.8 Å². The van der Waals surface area contributed by atoms with Crippen LogP contribution in [-0.4, -0.2) is 12.1 Å². The topological polar surface area (TPSA) is 35.2 Å². The van der Waals surface area contributed by atoms with Crippen molar-refractivity contribution in [3.8, 4) is 5.75 Å². The standard InChI is InChI=1S/C14H21NO/c1-12-5-7-13(8-6-12)16-14(11-15)9-3-2-4-10-14/h5-8H,2-4,9-11,15H2,1H3. The summed E-state index contributed by atoms with van der Waals surface area (Å²) in [7, 11) is 0. The zero-order chi connectivity index (χ0) is 11.4. The molecule has 0 unspecified atom stereocenters. The lowest BCUT2D eigenvalue weighted by atomic mass is 9.84. The van der Waals surface area contributed by atoms with E-state index in [-0.39, 0.29) is 5.60 Å². The number of nitrogens with two attached hydrogens (primary N) is 1. The van der Waals surface area contributed by atoms with Gasteiger partial charge in [0, 0.05) is 6.54 Å². The minimum absolute atomic E-state index is 0.104. The first-order valence-corrected chi connectivity index (χ1v) is 6.20. The Hall–Kier alpha value is -1.02. The summed E-state index contributed by atoms with van der Waals surface area (Å²) in [5.41, 5.74) is 7.05. The van der Waals surface area contributed by atoms with Crippen molar-refractivity contribution in [1.29, 1.82) is 0 Å². The Kier molecular flexibility index (Phi) is 3.49. The summed E-state index contributed by atoms with van der Waals surface area (Å²) in [4.78, 5) is 0. The van der Waals surface area contributed by atoms with E-state index in [1.54, 1.807) is 0 Å². The highest BCUT2D eigenvalue weighted by atomic mass is 16.5. The zero-order valence-electron chi connectivity index (χ0n) is 10.0. The fourth-order valence-electron chi connectivity index (χ4n) is 2.40. The van der Waals surface area contributed by atoms with E-state index in [2.05, 4.69) is 19.1 Å². The summed E-state index contributed by atoms with van der Waals surface area (Å²) in [6.45, 7) is 2.71. The third-order valence-corrected chi connectivity index (χ3v) is 3.49. The van der Waals surface area contributed by atoms with E-state index >= 15 is 0 Å². The van der Waals surface area contributed by atoms with Crippen molar-refractivity contribution in [2.24, 2.45) is 5.73 Å². The Morgan fingerprint density at radius 1 is 1.12 bits per heavy atom. The van der Waals surface area contributed by atoms with Crippen LogP contribution in [-0.2, 0) is 0 Å². The molecule has 0 heterocycles. The van der Waals surface area contributed by atoms with Crippen molar-refractivity contribution in [1.82, 2.24) is 0 Å². The van der Waals surface area contributed by atoms with Gasteiger partial charge < -0.3 is 10.5 Å². The number of ether oxygens (including phenoxy) is 1. The summed E-state index contributed by atoms with van der Waals surface area (Å²) in [5.74, 6) is 0.956. The molecule has 88 valence electrons. The third kappa shape index (κ3) is 2.56.